The minimum atomic E-state index is 0.0434. The Morgan fingerprint density at radius 1 is 1.44 bits per heavy atom. The molecule has 16 heavy (non-hydrogen) atoms. The van der Waals surface area contributed by atoms with Crippen molar-refractivity contribution in [2.24, 2.45) is 0 Å². The highest BCUT2D eigenvalue weighted by atomic mass is 16.1. The van der Waals surface area contributed by atoms with Crippen LogP contribution in [0.4, 0.5) is 0 Å². The largest absolute Gasteiger partial charge is 0.355 e. The molecule has 1 rings (SSSR count). The number of amides is 1. The van der Waals surface area contributed by atoms with Crippen molar-refractivity contribution < 1.29 is 4.79 Å². The Bertz CT molecular complexity index is 322. The van der Waals surface area contributed by atoms with Gasteiger partial charge in [0.05, 0.1) is 6.54 Å². The third-order valence-corrected chi connectivity index (χ3v) is 2.16. The standard InChI is InChI=1S/C12H19N3O/c1-3-6-14-12(16)9-13-7-11-5-4-10(2)15-8-11/h4-5,8,13H,3,6-7,9H2,1-2H3,(H,14,16). The van der Waals surface area contributed by atoms with Crippen molar-refractivity contribution in [2.75, 3.05) is 13.1 Å². The van der Waals surface area contributed by atoms with E-state index in [2.05, 4.69) is 15.6 Å². The lowest BCUT2D eigenvalue weighted by molar-refractivity contribution is -0.120. The fraction of sp³-hybridized carbons (Fsp3) is 0.500. The highest BCUT2D eigenvalue weighted by molar-refractivity contribution is 5.77. The molecule has 0 fully saturated rings. The molecular weight excluding hydrogens is 202 g/mol. The van der Waals surface area contributed by atoms with Crippen LogP contribution in [0.1, 0.15) is 24.6 Å². The summed E-state index contributed by atoms with van der Waals surface area (Å²) in [7, 11) is 0. The Hall–Kier alpha value is -1.42. The molecular formula is C12H19N3O. The van der Waals surface area contributed by atoms with E-state index in [1.165, 1.54) is 0 Å². The van der Waals surface area contributed by atoms with E-state index in [9.17, 15) is 4.79 Å². The fourth-order valence-corrected chi connectivity index (χ4v) is 1.25. The van der Waals surface area contributed by atoms with Crippen LogP contribution >= 0.6 is 0 Å². The number of hydrogen-bond donors (Lipinski definition) is 2. The summed E-state index contributed by atoms with van der Waals surface area (Å²) in [5, 5.41) is 5.89. The molecule has 0 spiro atoms. The molecule has 0 aliphatic heterocycles. The second-order valence-corrected chi connectivity index (χ2v) is 3.76. The van der Waals surface area contributed by atoms with Gasteiger partial charge in [0, 0.05) is 25.0 Å². The maximum Gasteiger partial charge on any atom is 0.233 e. The fourth-order valence-electron chi connectivity index (χ4n) is 1.25. The Kier molecular flexibility index (Phi) is 5.50. The average molecular weight is 221 g/mol. The molecule has 0 atom stereocenters. The van der Waals surface area contributed by atoms with Gasteiger partial charge in [-0.2, -0.15) is 0 Å². The van der Waals surface area contributed by atoms with Crippen LogP contribution in [0.2, 0.25) is 0 Å². The smallest absolute Gasteiger partial charge is 0.233 e. The van der Waals surface area contributed by atoms with Gasteiger partial charge in [0.1, 0.15) is 0 Å². The lowest BCUT2D eigenvalue weighted by Gasteiger charge is -2.05. The highest BCUT2D eigenvalue weighted by Crippen LogP contribution is 1.97. The molecule has 88 valence electrons. The Morgan fingerprint density at radius 3 is 2.88 bits per heavy atom. The lowest BCUT2D eigenvalue weighted by atomic mass is 10.2. The van der Waals surface area contributed by atoms with Crippen LogP contribution in [0.15, 0.2) is 18.3 Å². The molecule has 0 radical (unpaired) electrons. The summed E-state index contributed by atoms with van der Waals surface area (Å²) in [5.41, 5.74) is 2.10. The van der Waals surface area contributed by atoms with Crippen molar-refractivity contribution in [3.8, 4) is 0 Å². The first-order valence-corrected chi connectivity index (χ1v) is 5.61. The normalized spacial score (nSPS) is 10.1. The highest BCUT2D eigenvalue weighted by Gasteiger charge is 1.99. The number of pyridine rings is 1. The van der Waals surface area contributed by atoms with E-state index < -0.39 is 0 Å². The Morgan fingerprint density at radius 2 is 2.25 bits per heavy atom. The zero-order chi connectivity index (χ0) is 11.8. The Balaban J connectivity index is 2.20. The molecule has 0 aliphatic carbocycles. The number of rotatable bonds is 6. The number of carbonyl (C=O) groups excluding carboxylic acids is 1. The molecule has 0 saturated carbocycles. The molecule has 0 saturated heterocycles. The van der Waals surface area contributed by atoms with Crippen molar-refractivity contribution in [2.45, 2.75) is 26.8 Å². The zero-order valence-electron chi connectivity index (χ0n) is 9.92. The summed E-state index contributed by atoms with van der Waals surface area (Å²) < 4.78 is 0. The summed E-state index contributed by atoms with van der Waals surface area (Å²) in [6.07, 6.45) is 2.79. The van der Waals surface area contributed by atoms with Crippen molar-refractivity contribution in [1.82, 2.24) is 15.6 Å². The van der Waals surface area contributed by atoms with Gasteiger partial charge in [-0.25, -0.2) is 0 Å². The van der Waals surface area contributed by atoms with Crippen LogP contribution in [0.5, 0.6) is 0 Å². The molecule has 2 N–H and O–H groups in total. The lowest BCUT2D eigenvalue weighted by Crippen LogP contribution is -2.33. The van der Waals surface area contributed by atoms with Gasteiger partial charge in [-0.3, -0.25) is 9.78 Å². The van der Waals surface area contributed by atoms with E-state index >= 15 is 0 Å². The van der Waals surface area contributed by atoms with Crippen LogP contribution in [0, 0.1) is 6.92 Å². The second kappa shape index (κ2) is 6.95. The first-order valence-electron chi connectivity index (χ1n) is 5.61. The Labute approximate surface area is 96.5 Å². The SMILES string of the molecule is CCCNC(=O)CNCc1ccc(C)nc1. The summed E-state index contributed by atoms with van der Waals surface area (Å²) in [6.45, 7) is 5.76. The van der Waals surface area contributed by atoms with Crippen molar-refractivity contribution >= 4 is 5.91 Å². The van der Waals surface area contributed by atoms with Crippen molar-refractivity contribution in [3.05, 3.63) is 29.6 Å². The van der Waals surface area contributed by atoms with Gasteiger partial charge in [-0.15, -0.1) is 0 Å². The van der Waals surface area contributed by atoms with Gasteiger partial charge >= 0.3 is 0 Å². The monoisotopic (exact) mass is 221 g/mol. The maximum atomic E-state index is 11.3. The van der Waals surface area contributed by atoms with Crippen LogP contribution in [-0.2, 0) is 11.3 Å². The third-order valence-electron chi connectivity index (χ3n) is 2.16. The van der Waals surface area contributed by atoms with Crippen molar-refractivity contribution in [1.29, 1.82) is 0 Å². The minimum Gasteiger partial charge on any atom is -0.355 e. The summed E-state index contributed by atoms with van der Waals surface area (Å²) in [4.78, 5) is 15.4. The summed E-state index contributed by atoms with van der Waals surface area (Å²) in [5.74, 6) is 0.0434. The van der Waals surface area contributed by atoms with Gasteiger partial charge in [0.25, 0.3) is 0 Å². The predicted octanol–water partition coefficient (Wildman–Crippen LogP) is 1.01. The van der Waals surface area contributed by atoms with Crippen LogP contribution < -0.4 is 10.6 Å². The van der Waals surface area contributed by atoms with Gasteiger partial charge < -0.3 is 10.6 Å². The zero-order valence-corrected chi connectivity index (χ0v) is 9.92. The first-order chi connectivity index (χ1) is 7.72. The average Bonchev–Trinajstić information content (AvgIpc) is 2.29. The first kappa shape index (κ1) is 12.6. The number of nitrogens with zero attached hydrogens (tertiary/aromatic N) is 1. The van der Waals surface area contributed by atoms with E-state index in [1.54, 1.807) is 0 Å². The minimum absolute atomic E-state index is 0.0434. The maximum absolute atomic E-state index is 11.3. The van der Waals surface area contributed by atoms with Gasteiger partial charge in [0.2, 0.25) is 5.91 Å². The molecule has 1 aromatic rings. The summed E-state index contributed by atoms with van der Waals surface area (Å²) in [6, 6.07) is 3.98. The van der Waals surface area contributed by atoms with Crippen molar-refractivity contribution in [3.63, 3.8) is 0 Å². The van der Waals surface area contributed by atoms with E-state index in [-0.39, 0.29) is 5.91 Å². The number of carbonyl (C=O) groups is 1. The molecule has 0 unspecified atom stereocenters. The third kappa shape index (κ3) is 4.89. The van der Waals surface area contributed by atoms with Crippen LogP contribution in [0.3, 0.4) is 0 Å². The second-order valence-electron chi connectivity index (χ2n) is 3.76. The number of nitrogens with one attached hydrogen (secondary N) is 2. The van der Waals surface area contributed by atoms with E-state index in [0.717, 1.165) is 24.2 Å². The molecule has 1 aromatic heterocycles. The van der Waals surface area contributed by atoms with Gasteiger partial charge in [0.15, 0.2) is 0 Å². The quantitative estimate of drug-likeness (QED) is 0.753. The van der Waals surface area contributed by atoms with Gasteiger partial charge in [-0.1, -0.05) is 13.0 Å². The number of aryl methyl sites for hydroxylation is 1. The molecule has 1 amide bonds. The van der Waals surface area contributed by atoms with E-state index in [4.69, 9.17) is 0 Å². The van der Waals surface area contributed by atoms with E-state index in [0.29, 0.717) is 13.1 Å². The predicted molar refractivity (Wildman–Crippen MR) is 64.0 cm³/mol. The number of aromatic nitrogens is 1. The summed E-state index contributed by atoms with van der Waals surface area (Å²) >= 11 is 0. The van der Waals surface area contributed by atoms with Crippen LogP contribution in [-0.4, -0.2) is 24.0 Å². The molecule has 0 bridgehead atoms. The topological polar surface area (TPSA) is 54.0 Å². The molecule has 1 heterocycles. The molecule has 0 aliphatic rings. The molecule has 0 aromatic carbocycles. The molecule has 4 heteroatoms. The molecule has 4 nitrogen and oxygen atoms in total. The number of hydrogen-bond acceptors (Lipinski definition) is 3. The van der Waals surface area contributed by atoms with E-state index in [1.807, 2.05) is 32.2 Å². The van der Waals surface area contributed by atoms with Crippen LogP contribution in [0.25, 0.3) is 0 Å². The van der Waals surface area contributed by atoms with Gasteiger partial charge in [-0.05, 0) is 25.0 Å².